The van der Waals surface area contributed by atoms with Gasteiger partial charge in [-0.25, -0.2) is 13.8 Å². The molecule has 7 nitrogen and oxygen atoms in total. The van der Waals surface area contributed by atoms with E-state index in [1.807, 2.05) is 37.3 Å². The average molecular weight is 514 g/mol. The Morgan fingerprint density at radius 3 is 2.11 bits per heavy atom. The molecule has 0 bridgehead atoms. The summed E-state index contributed by atoms with van der Waals surface area (Å²) >= 11 is 0. The zero-order valence-electron chi connectivity index (χ0n) is 20.5. The highest BCUT2D eigenvalue weighted by atomic mass is 32.2. The van der Waals surface area contributed by atoms with Crippen molar-refractivity contribution < 1.29 is 18.3 Å². The molecule has 0 saturated carbocycles. The van der Waals surface area contributed by atoms with Crippen molar-refractivity contribution in [1.29, 1.82) is 0 Å². The minimum atomic E-state index is -4.02. The first-order chi connectivity index (χ1) is 17.8. The number of aromatic hydroxyl groups is 1. The van der Waals surface area contributed by atoms with Crippen molar-refractivity contribution in [1.82, 2.24) is 5.43 Å². The maximum atomic E-state index is 13.9. The number of para-hydroxylation sites is 2. The van der Waals surface area contributed by atoms with Crippen LogP contribution in [0.25, 0.3) is 0 Å². The first-order valence-corrected chi connectivity index (χ1v) is 13.1. The molecule has 188 valence electrons. The van der Waals surface area contributed by atoms with E-state index in [2.05, 4.69) is 10.5 Å². The largest absolute Gasteiger partial charge is 0.507 e. The fraction of sp³-hybridized carbons (Fsp3) is 0.103. The topological polar surface area (TPSA) is 99.1 Å². The molecule has 0 heterocycles. The molecule has 0 unspecified atom stereocenters. The monoisotopic (exact) mass is 513 g/mol. The number of nitrogens with zero attached hydrogens (tertiary/aromatic N) is 2. The number of aryl methyl sites for hydroxylation is 1. The Morgan fingerprint density at radius 1 is 0.838 bits per heavy atom. The average Bonchev–Trinajstić information content (AvgIpc) is 2.91. The van der Waals surface area contributed by atoms with Gasteiger partial charge >= 0.3 is 0 Å². The molecule has 0 aliphatic rings. The second kappa shape index (κ2) is 11.1. The molecule has 4 aromatic rings. The number of amides is 1. The van der Waals surface area contributed by atoms with E-state index in [1.165, 1.54) is 10.4 Å². The van der Waals surface area contributed by atoms with Gasteiger partial charge in [0.25, 0.3) is 15.9 Å². The third-order valence-corrected chi connectivity index (χ3v) is 7.59. The van der Waals surface area contributed by atoms with E-state index < -0.39 is 15.9 Å². The van der Waals surface area contributed by atoms with Crippen LogP contribution in [0.4, 0.5) is 5.69 Å². The summed E-state index contributed by atoms with van der Waals surface area (Å²) in [6.45, 7) is 3.57. The van der Waals surface area contributed by atoms with Crippen LogP contribution in [0.2, 0.25) is 0 Å². The van der Waals surface area contributed by atoms with Crippen molar-refractivity contribution in [3.8, 4) is 5.75 Å². The fourth-order valence-corrected chi connectivity index (χ4v) is 5.28. The highest BCUT2D eigenvalue weighted by Gasteiger charge is 2.28. The van der Waals surface area contributed by atoms with Crippen molar-refractivity contribution in [3.63, 3.8) is 0 Å². The fourth-order valence-electron chi connectivity index (χ4n) is 3.80. The Balaban J connectivity index is 1.74. The van der Waals surface area contributed by atoms with Crippen LogP contribution in [-0.4, -0.2) is 25.1 Å². The number of carbonyl (C=O) groups is 1. The summed E-state index contributed by atoms with van der Waals surface area (Å²) in [4.78, 5) is 13.4. The Hall–Kier alpha value is -4.43. The molecule has 0 radical (unpaired) electrons. The van der Waals surface area contributed by atoms with Crippen molar-refractivity contribution in [2.24, 2.45) is 5.10 Å². The van der Waals surface area contributed by atoms with Crippen LogP contribution in [0.1, 0.15) is 34.0 Å². The lowest BCUT2D eigenvalue weighted by Gasteiger charge is -2.26. The lowest BCUT2D eigenvalue weighted by molar-refractivity contribution is 0.0955. The van der Waals surface area contributed by atoms with Gasteiger partial charge in [-0.05, 0) is 55.8 Å². The van der Waals surface area contributed by atoms with Crippen LogP contribution in [0.3, 0.4) is 0 Å². The van der Waals surface area contributed by atoms with Gasteiger partial charge in [0.05, 0.1) is 28.4 Å². The zero-order valence-corrected chi connectivity index (χ0v) is 21.3. The summed E-state index contributed by atoms with van der Waals surface area (Å²) in [6.07, 6.45) is 0. The molecule has 37 heavy (non-hydrogen) atoms. The predicted molar refractivity (Wildman–Crippen MR) is 145 cm³/mol. The molecule has 2 N–H and O–H groups in total. The molecule has 0 aliphatic heterocycles. The Labute approximate surface area is 216 Å². The molecule has 0 aliphatic carbocycles. The quantitative estimate of drug-likeness (QED) is 0.248. The van der Waals surface area contributed by atoms with E-state index in [-0.39, 0.29) is 28.4 Å². The van der Waals surface area contributed by atoms with Crippen molar-refractivity contribution in [2.45, 2.75) is 25.3 Å². The second-order valence-electron chi connectivity index (χ2n) is 8.48. The standard InChI is InChI=1S/C29H27N3O4S/c1-21-16-18-24(19-17-21)37(35,36)32(20-23-10-4-3-5-11-23)27-14-8-6-13-26(27)29(34)31-30-22(2)25-12-7-9-15-28(25)33/h3-19,33H,20H2,1-2H3,(H,31,34)/b30-22-. The summed E-state index contributed by atoms with van der Waals surface area (Å²) in [5.41, 5.74) is 5.44. The number of hydrogen-bond donors (Lipinski definition) is 2. The lowest BCUT2D eigenvalue weighted by Crippen LogP contribution is -2.33. The van der Waals surface area contributed by atoms with Gasteiger partial charge in [-0.1, -0.05) is 72.3 Å². The first-order valence-electron chi connectivity index (χ1n) is 11.6. The van der Waals surface area contributed by atoms with Gasteiger partial charge in [0, 0.05) is 5.56 Å². The van der Waals surface area contributed by atoms with Crippen molar-refractivity contribution >= 4 is 27.3 Å². The highest BCUT2D eigenvalue weighted by molar-refractivity contribution is 7.92. The predicted octanol–water partition coefficient (Wildman–Crippen LogP) is 5.25. The van der Waals surface area contributed by atoms with E-state index in [0.717, 1.165) is 11.1 Å². The molecule has 1 amide bonds. The molecule has 0 saturated heterocycles. The number of sulfonamides is 1. The highest BCUT2D eigenvalue weighted by Crippen LogP contribution is 2.29. The number of benzene rings is 4. The Kier molecular flexibility index (Phi) is 7.69. The van der Waals surface area contributed by atoms with Crippen molar-refractivity contribution in [2.75, 3.05) is 4.31 Å². The molecular weight excluding hydrogens is 486 g/mol. The van der Waals surface area contributed by atoms with Gasteiger partial charge in [-0.2, -0.15) is 5.10 Å². The van der Waals surface area contributed by atoms with Crippen LogP contribution < -0.4 is 9.73 Å². The van der Waals surface area contributed by atoms with Gasteiger partial charge in [-0.3, -0.25) is 9.10 Å². The molecule has 4 aromatic carbocycles. The molecular formula is C29H27N3O4S. The maximum absolute atomic E-state index is 13.9. The number of hydrogen-bond acceptors (Lipinski definition) is 5. The molecule has 4 rings (SSSR count). The lowest BCUT2D eigenvalue weighted by atomic mass is 10.1. The van der Waals surface area contributed by atoms with E-state index in [0.29, 0.717) is 11.3 Å². The molecule has 0 aromatic heterocycles. The van der Waals surface area contributed by atoms with Gasteiger partial charge < -0.3 is 5.11 Å². The minimum Gasteiger partial charge on any atom is -0.507 e. The number of rotatable bonds is 8. The summed E-state index contributed by atoms with van der Waals surface area (Å²) < 4.78 is 28.9. The minimum absolute atomic E-state index is 0.0293. The summed E-state index contributed by atoms with van der Waals surface area (Å²) in [5, 5.41) is 14.2. The van der Waals surface area contributed by atoms with Crippen LogP contribution >= 0.6 is 0 Å². The molecule has 0 atom stereocenters. The molecule has 0 fully saturated rings. The number of anilines is 1. The summed E-state index contributed by atoms with van der Waals surface area (Å²) in [6, 6.07) is 29.0. The maximum Gasteiger partial charge on any atom is 0.273 e. The van der Waals surface area contributed by atoms with Crippen molar-refractivity contribution in [3.05, 3.63) is 125 Å². The Morgan fingerprint density at radius 2 is 1.43 bits per heavy atom. The third-order valence-electron chi connectivity index (χ3n) is 5.81. The molecule has 8 heteroatoms. The van der Waals surface area contributed by atoms with E-state index in [9.17, 15) is 18.3 Å². The van der Waals surface area contributed by atoms with E-state index >= 15 is 0 Å². The number of hydrazone groups is 1. The summed E-state index contributed by atoms with van der Waals surface area (Å²) in [5.74, 6) is -0.542. The van der Waals surface area contributed by atoms with Gasteiger partial charge in [-0.15, -0.1) is 0 Å². The van der Waals surface area contributed by atoms with Crippen LogP contribution in [0.5, 0.6) is 5.75 Å². The number of phenols is 1. The zero-order chi connectivity index (χ0) is 26.4. The van der Waals surface area contributed by atoms with E-state index in [1.54, 1.807) is 73.7 Å². The van der Waals surface area contributed by atoms with Gasteiger partial charge in [0.1, 0.15) is 5.75 Å². The second-order valence-corrected chi connectivity index (χ2v) is 10.3. The van der Waals surface area contributed by atoms with E-state index in [4.69, 9.17) is 0 Å². The van der Waals surface area contributed by atoms with Crippen LogP contribution in [0.15, 0.2) is 113 Å². The summed E-state index contributed by atoms with van der Waals surface area (Å²) in [7, 11) is -4.02. The van der Waals surface area contributed by atoms with Gasteiger partial charge in [0.15, 0.2) is 0 Å². The smallest absolute Gasteiger partial charge is 0.273 e. The number of phenolic OH excluding ortho intramolecular Hbond substituents is 1. The first kappa shape index (κ1) is 25.7. The number of carbonyl (C=O) groups excluding carboxylic acids is 1. The molecule has 0 spiro atoms. The SMILES string of the molecule is C/C(=N/NC(=O)c1ccccc1N(Cc1ccccc1)S(=O)(=O)c1ccc(C)cc1)c1ccccc1O. The Bertz CT molecular complexity index is 1530. The third kappa shape index (κ3) is 5.87. The van der Waals surface area contributed by atoms with Crippen LogP contribution in [0, 0.1) is 6.92 Å². The number of nitrogens with one attached hydrogen (secondary N) is 1. The van der Waals surface area contributed by atoms with Gasteiger partial charge in [0.2, 0.25) is 0 Å². The normalized spacial score (nSPS) is 11.7. The van der Waals surface area contributed by atoms with Crippen LogP contribution in [-0.2, 0) is 16.6 Å².